The van der Waals surface area contributed by atoms with Crippen molar-refractivity contribution in [2.24, 2.45) is 0 Å². The molecule has 2 aromatic rings. The van der Waals surface area contributed by atoms with Crippen LogP contribution in [0.5, 0.6) is 0 Å². The molecule has 0 unspecified atom stereocenters. The molecule has 0 radical (unpaired) electrons. The minimum absolute atomic E-state index is 0.510. The van der Waals surface area contributed by atoms with E-state index in [0.29, 0.717) is 8.06 Å². The Morgan fingerprint density at radius 1 is 0.733 bits per heavy atom. The molecule has 2 rings (SSSR count). The lowest BCUT2D eigenvalue weighted by atomic mass is 10.4. The molecule has 3 heteroatoms. The van der Waals surface area contributed by atoms with Crippen LogP contribution in [0.25, 0.3) is 0 Å². The minimum atomic E-state index is -0.510. The van der Waals surface area contributed by atoms with Crippen LogP contribution in [-0.4, -0.2) is 0 Å². The summed E-state index contributed by atoms with van der Waals surface area (Å²) in [6.45, 7) is 0. The highest BCUT2D eigenvalue weighted by Gasteiger charge is 2.10. The zero-order chi connectivity index (χ0) is 10.5. The van der Waals surface area contributed by atoms with Crippen LogP contribution in [0.2, 0.25) is 0 Å². The summed E-state index contributed by atoms with van der Waals surface area (Å²) in [5.41, 5.74) is 0. The van der Waals surface area contributed by atoms with E-state index >= 15 is 0 Å². The van der Waals surface area contributed by atoms with Gasteiger partial charge < -0.3 is 0 Å². The lowest BCUT2D eigenvalue weighted by molar-refractivity contribution is 1.66. The molecule has 0 aliphatic rings. The molecule has 0 aliphatic carbocycles. The molecule has 0 spiro atoms. The Kier molecular flexibility index (Phi) is 3.61. The molecule has 0 fully saturated rings. The first kappa shape index (κ1) is 10.5. The SMILES string of the molecule is N=PP(c1ccccc1)c1ccccc1. The number of hydrogen-bond acceptors (Lipinski definition) is 1. The maximum atomic E-state index is 7.64. The van der Waals surface area contributed by atoms with E-state index in [1.54, 1.807) is 0 Å². The van der Waals surface area contributed by atoms with E-state index in [1.165, 1.54) is 10.6 Å². The van der Waals surface area contributed by atoms with E-state index in [0.717, 1.165) is 0 Å². The zero-order valence-corrected chi connectivity index (χ0v) is 9.96. The van der Waals surface area contributed by atoms with E-state index in [2.05, 4.69) is 24.3 Å². The van der Waals surface area contributed by atoms with Crippen LogP contribution in [0.1, 0.15) is 0 Å². The molecule has 0 atom stereocenters. The lowest BCUT2D eigenvalue weighted by Crippen LogP contribution is -2.06. The summed E-state index contributed by atoms with van der Waals surface area (Å²) in [7, 11) is 0.195. The molecule has 0 bridgehead atoms. The number of rotatable bonds is 3. The quantitative estimate of drug-likeness (QED) is 0.778. The molecule has 15 heavy (non-hydrogen) atoms. The summed E-state index contributed by atoms with van der Waals surface area (Å²) >= 11 is 0. The van der Waals surface area contributed by atoms with Gasteiger partial charge in [-0.05, 0) is 10.6 Å². The van der Waals surface area contributed by atoms with Crippen molar-refractivity contribution < 1.29 is 0 Å². The second-order valence-electron chi connectivity index (χ2n) is 3.08. The van der Waals surface area contributed by atoms with Crippen LogP contribution in [0, 0.1) is 5.16 Å². The lowest BCUT2D eigenvalue weighted by Gasteiger charge is -2.11. The summed E-state index contributed by atoms with van der Waals surface area (Å²) in [6, 6.07) is 20.6. The molecule has 0 saturated heterocycles. The van der Waals surface area contributed by atoms with Crippen LogP contribution >= 0.6 is 15.7 Å². The smallest absolute Gasteiger partial charge is 0.0359 e. The first-order chi connectivity index (χ1) is 7.42. The Balaban J connectivity index is 2.38. The van der Waals surface area contributed by atoms with E-state index in [-0.39, 0.29) is 0 Å². The molecule has 0 saturated carbocycles. The zero-order valence-electron chi connectivity index (χ0n) is 8.17. The largest absolute Gasteiger partial charge is 0.279 e. The molecule has 1 N–H and O–H groups in total. The average Bonchev–Trinajstić information content (AvgIpc) is 2.33. The van der Waals surface area contributed by atoms with Gasteiger partial charge in [-0.25, -0.2) is 0 Å². The second-order valence-corrected chi connectivity index (χ2v) is 6.74. The standard InChI is InChI=1S/C12H11NP2/c13-14-15(11-7-3-1-4-8-11)12-9-5-2-6-10-12/h1-10,13H. The maximum absolute atomic E-state index is 7.64. The highest BCUT2D eigenvalue weighted by atomic mass is 32.0. The van der Waals surface area contributed by atoms with E-state index in [1.807, 2.05) is 36.4 Å². The third-order valence-corrected chi connectivity index (χ3v) is 5.86. The maximum Gasteiger partial charge on any atom is 0.0359 e. The Hall–Kier alpha value is -1.03. The van der Waals surface area contributed by atoms with Crippen molar-refractivity contribution in [2.75, 3.05) is 0 Å². The van der Waals surface area contributed by atoms with Gasteiger partial charge in [-0.1, -0.05) is 60.7 Å². The van der Waals surface area contributed by atoms with E-state index in [4.69, 9.17) is 5.16 Å². The van der Waals surface area contributed by atoms with Crippen molar-refractivity contribution in [3.63, 3.8) is 0 Å². The fraction of sp³-hybridized carbons (Fsp3) is 0. The Bertz CT molecular complexity index is 388. The number of hydrogen-bond donors (Lipinski definition) is 1. The van der Waals surface area contributed by atoms with Crippen LogP contribution < -0.4 is 10.6 Å². The van der Waals surface area contributed by atoms with Crippen molar-refractivity contribution in [3.8, 4) is 0 Å². The van der Waals surface area contributed by atoms with E-state index in [9.17, 15) is 0 Å². The molecule has 0 aliphatic heterocycles. The van der Waals surface area contributed by atoms with Crippen LogP contribution in [0.3, 0.4) is 0 Å². The Morgan fingerprint density at radius 3 is 1.47 bits per heavy atom. The van der Waals surface area contributed by atoms with Gasteiger partial charge in [0.05, 0.1) is 0 Å². The summed E-state index contributed by atoms with van der Waals surface area (Å²) < 4.78 is 0. The van der Waals surface area contributed by atoms with Crippen molar-refractivity contribution in [1.29, 1.82) is 5.16 Å². The van der Waals surface area contributed by atoms with Gasteiger partial charge in [0.2, 0.25) is 0 Å². The van der Waals surface area contributed by atoms with Crippen LogP contribution in [-0.2, 0) is 0 Å². The van der Waals surface area contributed by atoms with Gasteiger partial charge >= 0.3 is 0 Å². The fourth-order valence-corrected chi connectivity index (χ4v) is 4.33. The molecule has 0 amide bonds. The molecular weight excluding hydrogens is 220 g/mol. The van der Waals surface area contributed by atoms with Gasteiger partial charge in [0.1, 0.15) is 0 Å². The van der Waals surface area contributed by atoms with Crippen molar-refractivity contribution in [1.82, 2.24) is 0 Å². The van der Waals surface area contributed by atoms with Crippen LogP contribution in [0.15, 0.2) is 60.7 Å². The fourth-order valence-electron chi connectivity index (χ4n) is 1.40. The Morgan fingerprint density at radius 2 is 1.13 bits per heavy atom. The average molecular weight is 231 g/mol. The third kappa shape index (κ3) is 2.50. The van der Waals surface area contributed by atoms with Gasteiger partial charge in [-0.3, -0.25) is 5.16 Å². The van der Waals surface area contributed by atoms with Crippen molar-refractivity contribution in [3.05, 3.63) is 60.7 Å². The molecule has 74 valence electrons. The number of benzene rings is 2. The van der Waals surface area contributed by atoms with Gasteiger partial charge in [0.25, 0.3) is 0 Å². The minimum Gasteiger partial charge on any atom is -0.279 e. The molecule has 1 nitrogen and oxygen atoms in total. The first-order valence-corrected chi connectivity index (χ1v) is 7.63. The van der Waals surface area contributed by atoms with Crippen molar-refractivity contribution in [2.45, 2.75) is 0 Å². The van der Waals surface area contributed by atoms with Crippen LogP contribution in [0.4, 0.5) is 0 Å². The third-order valence-electron chi connectivity index (χ3n) is 2.10. The molecular formula is C12H11NP2. The number of nitrogens with one attached hydrogen (secondary N) is 1. The topological polar surface area (TPSA) is 23.9 Å². The molecule has 0 aromatic heterocycles. The highest BCUT2D eigenvalue weighted by molar-refractivity contribution is 8.24. The first-order valence-electron chi connectivity index (χ1n) is 4.69. The van der Waals surface area contributed by atoms with Gasteiger partial charge in [0.15, 0.2) is 0 Å². The summed E-state index contributed by atoms with van der Waals surface area (Å²) in [5, 5.41) is 10.2. The summed E-state index contributed by atoms with van der Waals surface area (Å²) in [6.07, 6.45) is 0. The monoisotopic (exact) mass is 231 g/mol. The van der Waals surface area contributed by atoms with Crippen molar-refractivity contribution >= 4 is 26.3 Å². The van der Waals surface area contributed by atoms with Gasteiger partial charge in [0, 0.05) is 15.7 Å². The predicted octanol–water partition coefficient (Wildman–Crippen LogP) is 3.74. The van der Waals surface area contributed by atoms with Gasteiger partial charge in [-0.2, -0.15) is 0 Å². The Labute approximate surface area is 92.5 Å². The highest BCUT2D eigenvalue weighted by Crippen LogP contribution is 2.46. The van der Waals surface area contributed by atoms with E-state index < -0.39 is 7.61 Å². The second kappa shape index (κ2) is 5.16. The molecule has 0 heterocycles. The summed E-state index contributed by atoms with van der Waals surface area (Å²) in [5.74, 6) is 0. The molecule has 2 aromatic carbocycles. The normalized spacial score (nSPS) is 10.7. The van der Waals surface area contributed by atoms with Gasteiger partial charge in [-0.15, -0.1) is 0 Å². The predicted molar refractivity (Wildman–Crippen MR) is 68.7 cm³/mol. The summed E-state index contributed by atoms with van der Waals surface area (Å²) in [4.78, 5) is 0.